The monoisotopic (exact) mass is 484 g/mol. The lowest BCUT2D eigenvalue weighted by Crippen LogP contribution is -2.37. The van der Waals surface area contributed by atoms with Crippen LogP contribution in [0.25, 0.3) is 11.3 Å². The number of nitrogen functional groups attached to an aromatic ring is 1. The Kier molecular flexibility index (Phi) is 7.08. The van der Waals surface area contributed by atoms with Crippen LogP contribution in [0.2, 0.25) is 10.0 Å². The van der Waals surface area contributed by atoms with Gasteiger partial charge in [0.1, 0.15) is 0 Å². The molecule has 8 nitrogen and oxygen atoms in total. The van der Waals surface area contributed by atoms with E-state index in [9.17, 15) is 9.59 Å². The van der Waals surface area contributed by atoms with Crippen LogP contribution in [0.3, 0.4) is 0 Å². The van der Waals surface area contributed by atoms with E-state index in [1.165, 1.54) is 6.20 Å². The molecule has 1 fully saturated rings. The zero-order chi connectivity index (χ0) is 23.4. The van der Waals surface area contributed by atoms with Crippen LogP contribution in [0.5, 0.6) is 0 Å². The van der Waals surface area contributed by atoms with Crippen molar-refractivity contribution in [2.45, 2.75) is 19.0 Å². The number of hydrogen-bond acceptors (Lipinski definition) is 6. The molecule has 1 unspecified atom stereocenters. The van der Waals surface area contributed by atoms with Crippen LogP contribution in [0.4, 0.5) is 5.82 Å². The highest BCUT2D eigenvalue weighted by Crippen LogP contribution is 2.22. The lowest BCUT2D eigenvalue weighted by Gasteiger charge is -2.13. The molecule has 170 valence electrons. The summed E-state index contributed by atoms with van der Waals surface area (Å²) < 4.78 is 0. The molecule has 1 aliphatic heterocycles. The third kappa shape index (κ3) is 5.60. The van der Waals surface area contributed by atoms with Gasteiger partial charge in [-0.1, -0.05) is 41.4 Å². The number of rotatable bonds is 6. The fraction of sp³-hybridized carbons (Fsp3) is 0.217. The third-order valence-corrected chi connectivity index (χ3v) is 5.87. The zero-order valence-electron chi connectivity index (χ0n) is 17.6. The molecule has 33 heavy (non-hydrogen) atoms. The summed E-state index contributed by atoms with van der Waals surface area (Å²) in [6.45, 7) is 1.81. The first-order valence-electron chi connectivity index (χ1n) is 10.4. The third-order valence-electron chi connectivity index (χ3n) is 5.29. The smallest absolute Gasteiger partial charge is 0.274 e. The van der Waals surface area contributed by atoms with Crippen molar-refractivity contribution in [1.29, 1.82) is 0 Å². The van der Waals surface area contributed by atoms with Crippen molar-refractivity contribution in [2.75, 3.05) is 18.8 Å². The number of nitrogens with two attached hydrogens (primary N) is 1. The van der Waals surface area contributed by atoms with Gasteiger partial charge in [-0.15, -0.1) is 0 Å². The normalized spacial score (nSPS) is 15.3. The van der Waals surface area contributed by atoms with Crippen LogP contribution in [-0.2, 0) is 6.54 Å². The average molecular weight is 485 g/mol. The Hall–Kier alpha value is -3.20. The maximum atomic E-state index is 12.7. The summed E-state index contributed by atoms with van der Waals surface area (Å²) in [6.07, 6.45) is 2.32. The van der Waals surface area contributed by atoms with Crippen molar-refractivity contribution in [1.82, 2.24) is 25.9 Å². The Balaban J connectivity index is 1.49. The number of aromatic nitrogens is 2. The fourth-order valence-corrected chi connectivity index (χ4v) is 3.97. The summed E-state index contributed by atoms with van der Waals surface area (Å²) in [6, 6.07) is 12.0. The highest BCUT2D eigenvalue weighted by molar-refractivity contribution is 6.35. The van der Waals surface area contributed by atoms with E-state index in [0.29, 0.717) is 33.4 Å². The van der Waals surface area contributed by atoms with Crippen molar-refractivity contribution in [3.05, 3.63) is 75.5 Å². The molecule has 5 N–H and O–H groups in total. The number of carbonyl (C=O) groups excluding carboxylic acids is 2. The molecule has 2 aromatic carbocycles. The molecular formula is C23H22Cl2N6O2. The van der Waals surface area contributed by atoms with Crippen LogP contribution in [0.1, 0.15) is 32.8 Å². The van der Waals surface area contributed by atoms with Crippen molar-refractivity contribution in [3.63, 3.8) is 0 Å². The van der Waals surface area contributed by atoms with Crippen LogP contribution in [0.15, 0.2) is 48.7 Å². The first kappa shape index (κ1) is 23.0. The summed E-state index contributed by atoms with van der Waals surface area (Å²) >= 11 is 12.1. The minimum absolute atomic E-state index is 0.0310. The second-order valence-corrected chi connectivity index (χ2v) is 8.50. The van der Waals surface area contributed by atoms with Crippen molar-refractivity contribution >= 4 is 40.8 Å². The van der Waals surface area contributed by atoms with E-state index in [0.717, 1.165) is 18.5 Å². The Morgan fingerprint density at radius 2 is 2.00 bits per heavy atom. The van der Waals surface area contributed by atoms with Gasteiger partial charge in [-0.2, -0.15) is 0 Å². The zero-order valence-corrected chi connectivity index (χ0v) is 19.1. The predicted octanol–water partition coefficient (Wildman–Crippen LogP) is 3.05. The van der Waals surface area contributed by atoms with Crippen molar-refractivity contribution < 1.29 is 9.59 Å². The Morgan fingerprint density at radius 3 is 2.76 bits per heavy atom. The standard InChI is InChI=1S/C23H22Cl2N6O2/c24-16-5-4-15(18(25)9-16)10-29-22(32)14-3-1-2-13(8-14)19-12-28-21(26)20(31-19)23(33)30-17-6-7-27-11-17/h1-5,8-9,12,17,27H,6-7,10-11H2,(H2,26,28)(H,29,32)(H,30,33). The Labute approximate surface area is 200 Å². The SMILES string of the molecule is Nc1ncc(-c2cccc(C(=O)NCc3ccc(Cl)cc3Cl)c2)nc1C(=O)NC1CCNC1. The second-order valence-electron chi connectivity index (χ2n) is 7.65. The van der Waals surface area contributed by atoms with Gasteiger partial charge in [0.05, 0.1) is 11.9 Å². The molecule has 3 aromatic rings. The van der Waals surface area contributed by atoms with E-state index in [-0.39, 0.29) is 35.9 Å². The second kappa shape index (κ2) is 10.2. The maximum absolute atomic E-state index is 12.7. The number of anilines is 1. The number of benzene rings is 2. The molecule has 2 heterocycles. The molecule has 0 bridgehead atoms. The van der Waals surface area contributed by atoms with Crippen molar-refractivity contribution in [2.24, 2.45) is 0 Å². The number of nitrogens with zero attached hydrogens (tertiary/aromatic N) is 2. The lowest BCUT2D eigenvalue weighted by molar-refractivity contribution is 0.0932. The highest BCUT2D eigenvalue weighted by Gasteiger charge is 2.21. The molecule has 1 aromatic heterocycles. The number of amides is 2. The van der Waals surface area contributed by atoms with Crippen LogP contribution in [0, 0.1) is 0 Å². The lowest BCUT2D eigenvalue weighted by atomic mass is 10.1. The van der Waals surface area contributed by atoms with Gasteiger partial charge in [-0.25, -0.2) is 9.97 Å². The molecular weight excluding hydrogens is 463 g/mol. The van der Waals surface area contributed by atoms with E-state index in [1.54, 1.807) is 42.5 Å². The van der Waals surface area contributed by atoms with E-state index in [2.05, 4.69) is 25.9 Å². The van der Waals surface area contributed by atoms with E-state index in [1.807, 2.05) is 0 Å². The molecule has 1 saturated heterocycles. The molecule has 0 radical (unpaired) electrons. The number of halogens is 2. The predicted molar refractivity (Wildman–Crippen MR) is 128 cm³/mol. The van der Waals surface area contributed by atoms with Gasteiger partial charge in [-0.05, 0) is 42.8 Å². The molecule has 1 aliphatic rings. The fourth-order valence-electron chi connectivity index (χ4n) is 3.50. The van der Waals surface area contributed by atoms with Crippen LogP contribution in [-0.4, -0.2) is 40.9 Å². The van der Waals surface area contributed by atoms with Gasteiger partial charge in [0, 0.05) is 40.3 Å². The van der Waals surface area contributed by atoms with Gasteiger partial charge in [0.15, 0.2) is 11.5 Å². The van der Waals surface area contributed by atoms with Gasteiger partial charge in [-0.3, -0.25) is 9.59 Å². The summed E-state index contributed by atoms with van der Waals surface area (Å²) in [5.74, 6) is -0.599. The van der Waals surface area contributed by atoms with Gasteiger partial charge in [0.25, 0.3) is 11.8 Å². The van der Waals surface area contributed by atoms with E-state index in [4.69, 9.17) is 28.9 Å². The minimum atomic E-state index is -0.371. The summed E-state index contributed by atoms with van der Waals surface area (Å²) in [5.41, 5.74) is 8.22. The Morgan fingerprint density at radius 1 is 1.15 bits per heavy atom. The summed E-state index contributed by atoms with van der Waals surface area (Å²) in [5, 5.41) is 9.96. The molecule has 0 aliphatic carbocycles. The number of hydrogen-bond donors (Lipinski definition) is 4. The molecule has 2 amide bonds. The van der Waals surface area contributed by atoms with Gasteiger partial charge in [0.2, 0.25) is 0 Å². The van der Waals surface area contributed by atoms with Crippen molar-refractivity contribution in [3.8, 4) is 11.3 Å². The van der Waals surface area contributed by atoms with E-state index >= 15 is 0 Å². The maximum Gasteiger partial charge on any atom is 0.274 e. The molecule has 4 rings (SSSR count). The summed E-state index contributed by atoms with van der Waals surface area (Å²) in [7, 11) is 0. The van der Waals surface area contributed by atoms with E-state index < -0.39 is 0 Å². The molecule has 1 atom stereocenters. The first-order valence-corrected chi connectivity index (χ1v) is 11.1. The highest BCUT2D eigenvalue weighted by atomic mass is 35.5. The van der Waals surface area contributed by atoms with Crippen LogP contribution >= 0.6 is 23.2 Å². The topological polar surface area (TPSA) is 122 Å². The average Bonchev–Trinajstić information content (AvgIpc) is 3.31. The molecule has 10 heteroatoms. The quantitative estimate of drug-likeness (QED) is 0.426. The summed E-state index contributed by atoms with van der Waals surface area (Å²) in [4.78, 5) is 33.9. The number of nitrogens with one attached hydrogen (secondary N) is 3. The number of carbonyl (C=O) groups is 2. The Bertz CT molecular complexity index is 1200. The van der Waals surface area contributed by atoms with Gasteiger partial charge < -0.3 is 21.7 Å². The molecule has 0 saturated carbocycles. The van der Waals surface area contributed by atoms with Gasteiger partial charge >= 0.3 is 0 Å². The largest absolute Gasteiger partial charge is 0.382 e. The minimum Gasteiger partial charge on any atom is -0.382 e. The van der Waals surface area contributed by atoms with Crippen LogP contribution < -0.4 is 21.7 Å². The first-order chi connectivity index (χ1) is 15.9. The molecule has 0 spiro atoms.